The average Bonchev–Trinajstić information content (AvgIpc) is 2.56. The molecule has 1 N–H and O–H groups in total. The quantitative estimate of drug-likeness (QED) is 0.553. The number of aryl methyl sites for hydroxylation is 1. The minimum Gasteiger partial charge on any atom is -0.483 e. The van der Waals surface area contributed by atoms with Gasteiger partial charge in [0.15, 0.2) is 6.61 Å². The van der Waals surface area contributed by atoms with Crippen molar-refractivity contribution in [1.29, 1.82) is 0 Å². The molecule has 122 valence electrons. The third-order valence-corrected chi connectivity index (χ3v) is 4.46. The van der Waals surface area contributed by atoms with Crippen LogP contribution in [0.25, 0.3) is 0 Å². The fourth-order valence-electron chi connectivity index (χ4n) is 2.03. The number of unbranched alkanes of at least 4 members (excludes halogenated alkanes) is 1. The van der Waals surface area contributed by atoms with E-state index in [0.29, 0.717) is 0 Å². The fourth-order valence-corrected chi connectivity index (χ4v) is 3.02. The molecule has 0 aliphatic carbocycles. The summed E-state index contributed by atoms with van der Waals surface area (Å²) in [5, 5.41) is 2.85. The Morgan fingerprint density at radius 2 is 1.87 bits per heavy atom. The summed E-state index contributed by atoms with van der Waals surface area (Å²) in [6, 6.07) is 15.6. The first kappa shape index (κ1) is 17.4. The van der Waals surface area contributed by atoms with Crippen LogP contribution in [0.15, 0.2) is 53.4 Å². The van der Waals surface area contributed by atoms with E-state index < -0.39 is 0 Å². The van der Waals surface area contributed by atoms with Crippen LogP contribution >= 0.6 is 11.8 Å². The smallest absolute Gasteiger partial charge is 0.262 e. The van der Waals surface area contributed by atoms with Crippen LogP contribution in [0.1, 0.15) is 25.3 Å². The minimum atomic E-state index is -0.153. The molecule has 0 heterocycles. The second kappa shape index (κ2) is 9.26. The maximum Gasteiger partial charge on any atom is 0.262 e. The number of para-hydroxylation sites is 1. The molecule has 0 radical (unpaired) electrons. The van der Waals surface area contributed by atoms with E-state index in [4.69, 9.17) is 4.74 Å². The summed E-state index contributed by atoms with van der Waals surface area (Å²) in [4.78, 5) is 13.2. The first-order valence-electron chi connectivity index (χ1n) is 7.90. The van der Waals surface area contributed by atoms with Gasteiger partial charge in [-0.3, -0.25) is 4.79 Å². The Labute approximate surface area is 142 Å². The van der Waals surface area contributed by atoms with Crippen molar-refractivity contribution >= 4 is 23.4 Å². The topological polar surface area (TPSA) is 38.3 Å². The molecule has 0 aliphatic rings. The maximum atomic E-state index is 12.0. The highest BCUT2D eigenvalue weighted by Crippen LogP contribution is 2.21. The summed E-state index contributed by atoms with van der Waals surface area (Å²) < 4.78 is 5.54. The Balaban J connectivity index is 1.80. The zero-order valence-electron chi connectivity index (χ0n) is 13.7. The van der Waals surface area contributed by atoms with Gasteiger partial charge in [-0.1, -0.05) is 31.5 Å². The van der Waals surface area contributed by atoms with Crippen molar-refractivity contribution in [3.63, 3.8) is 0 Å². The van der Waals surface area contributed by atoms with Gasteiger partial charge in [-0.2, -0.15) is 0 Å². The molecule has 2 aromatic rings. The number of nitrogens with one attached hydrogen (secondary N) is 1. The molecule has 0 aliphatic heterocycles. The lowest BCUT2D eigenvalue weighted by Gasteiger charge is -2.09. The molecule has 0 fully saturated rings. The molecular weight excluding hydrogens is 306 g/mol. The molecule has 0 spiro atoms. The Morgan fingerprint density at radius 1 is 1.13 bits per heavy atom. The predicted octanol–water partition coefficient (Wildman–Crippen LogP) is 4.90. The monoisotopic (exact) mass is 329 g/mol. The third kappa shape index (κ3) is 5.99. The van der Waals surface area contributed by atoms with Crippen molar-refractivity contribution in [2.45, 2.75) is 31.6 Å². The lowest BCUT2D eigenvalue weighted by molar-refractivity contribution is -0.118. The molecule has 2 rings (SSSR count). The summed E-state index contributed by atoms with van der Waals surface area (Å²) in [6.45, 7) is 4.16. The van der Waals surface area contributed by atoms with Gasteiger partial charge in [0.05, 0.1) is 0 Å². The summed E-state index contributed by atoms with van der Waals surface area (Å²) in [6.07, 6.45) is 2.43. The third-order valence-electron chi connectivity index (χ3n) is 3.36. The van der Waals surface area contributed by atoms with Crippen molar-refractivity contribution in [3.8, 4) is 5.75 Å². The molecule has 23 heavy (non-hydrogen) atoms. The highest BCUT2D eigenvalue weighted by atomic mass is 32.2. The van der Waals surface area contributed by atoms with E-state index in [9.17, 15) is 4.79 Å². The van der Waals surface area contributed by atoms with E-state index in [1.165, 1.54) is 17.7 Å². The van der Waals surface area contributed by atoms with Crippen molar-refractivity contribution in [2.75, 3.05) is 17.7 Å². The molecule has 0 saturated heterocycles. The maximum absolute atomic E-state index is 12.0. The van der Waals surface area contributed by atoms with Gasteiger partial charge in [0.1, 0.15) is 5.75 Å². The van der Waals surface area contributed by atoms with Gasteiger partial charge in [0, 0.05) is 10.6 Å². The van der Waals surface area contributed by atoms with E-state index in [2.05, 4.69) is 12.2 Å². The number of ether oxygens (including phenoxy) is 1. The average molecular weight is 329 g/mol. The van der Waals surface area contributed by atoms with Crippen LogP contribution in [-0.4, -0.2) is 18.3 Å². The summed E-state index contributed by atoms with van der Waals surface area (Å²) in [5.74, 6) is 1.72. The minimum absolute atomic E-state index is 0.0118. The highest BCUT2D eigenvalue weighted by Gasteiger charge is 2.05. The molecule has 0 atom stereocenters. The fraction of sp³-hybridized carbons (Fsp3) is 0.316. The van der Waals surface area contributed by atoms with Gasteiger partial charge in [-0.25, -0.2) is 0 Å². The van der Waals surface area contributed by atoms with Crippen molar-refractivity contribution < 1.29 is 9.53 Å². The number of carbonyl (C=O) groups is 1. The van der Waals surface area contributed by atoms with E-state index in [-0.39, 0.29) is 12.5 Å². The summed E-state index contributed by atoms with van der Waals surface area (Å²) in [7, 11) is 0. The Bertz CT molecular complexity index is 626. The second-order valence-electron chi connectivity index (χ2n) is 5.33. The molecule has 0 bridgehead atoms. The molecule has 0 unspecified atom stereocenters. The number of thioether (sulfide) groups is 1. The molecule has 4 heteroatoms. The number of hydrogen-bond donors (Lipinski definition) is 1. The zero-order chi connectivity index (χ0) is 16.5. The lowest BCUT2D eigenvalue weighted by Crippen LogP contribution is -2.20. The van der Waals surface area contributed by atoms with Crippen molar-refractivity contribution in [3.05, 3.63) is 54.1 Å². The first-order valence-corrected chi connectivity index (χ1v) is 8.88. The van der Waals surface area contributed by atoms with Crippen molar-refractivity contribution in [1.82, 2.24) is 0 Å². The van der Waals surface area contributed by atoms with Crippen LogP contribution in [0.2, 0.25) is 0 Å². The lowest BCUT2D eigenvalue weighted by atomic mass is 10.2. The molecule has 2 aromatic carbocycles. The molecule has 1 amide bonds. The van der Waals surface area contributed by atoms with Crippen LogP contribution in [-0.2, 0) is 4.79 Å². The Morgan fingerprint density at radius 3 is 2.57 bits per heavy atom. The highest BCUT2D eigenvalue weighted by molar-refractivity contribution is 7.99. The van der Waals surface area contributed by atoms with Gasteiger partial charge >= 0.3 is 0 Å². The van der Waals surface area contributed by atoms with Crippen LogP contribution in [0.4, 0.5) is 5.69 Å². The largest absolute Gasteiger partial charge is 0.483 e. The normalized spacial score (nSPS) is 10.3. The molecular formula is C19H23NO2S. The van der Waals surface area contributed by atoms with E-state index in [1.54, 1.807) is 0 Å². The Hall–Kier alpha value is -1.94. The molecule has 0 aromatic heterocycles. The van der Waals surface area contributed by atoms with Crippen LogP contribution in [0.5, 0.6) is 5.75 Å². The molecule has 0 saturated carbocycles. The van der Waals surface area contributed by atoms with Gasteiger partial charge in [-0.05, 0) is 55.0 Å². The van der Waals surface area contributed by atoms with E-state index in [0.717, 1.165) is 22.8 Å². The van der Waals surface area contributed by atoms with Gasteiger partial charge in [-0.15, -0.1) is 11.8 Å². The summed E-state index contributed by atoms with van der Waals surface area (Å²) >= 11 is 1.84. The number of hydrogen-bond acceptors (Lipinski definition) is 3. The predicted molar refractivity (Wildman–Crippen MR) is 97.4 cm³/mol. The number of rotatable bonds is 8. The summed E-state index contributed by atoms with van der Waals surface area (Å²) in [5.41, 5.74) is 1.82. The number of carbonyl (C=O) groups excluding carboxylic acids is 1. The molecule has 3 nitrogen and oxygen atoms in total. The van der Waals surface area contributed by atoms with Crippen LogP contribution in [0, 0.1) is 6.92 Å². The first-order chi connectivity index (χ1) is 11.2. The van der Waals surface area contributed by atoms with E-state index in [1.807, 2.05) is 67.2 Å². The standard InChI is InChI=1S/C19H23NO2S/c1-3-4-13-23-17-11-9-16(10-12-17)20-19(21)14-22-18-8-6-5-7-15(18)2/h5-12H,3-4,13-14H2,1-2H3,(H,20,21). The second-order valence-corrected chi connectivity index (χ2v) is 6.50. The number of amides is 1. The van der Waals surface area contributed by atoms with Gasteiger partial charge < -0.3 is 10.1 Å². The van der Waals surface area contributed by atoms with Crippen molar-refractivity contribution in [2.24, 2.45) is 0 Å². The number of benzene rings is 2. The zero-order valence-corrected chi connectivity index (χ0v) is 14.5. The van der Waals surface area contributed by atoms with Gasteiger partial charge in [0.2, 0.25) is 0 Å². The number of anilines is 1. The SMILES string of the molecule is CCCCSc1ccc(NC(=O)COc2ccccc2C)cc1. The Kier molecular flexibility index (Phi) is 7.01. The van der Waals surface area contributed by atoms with Crippen LogP contribution < -0.4 is 10.1 Å². The van der Waals surface area contributed by atoms with E-state index >= 15 is 0 Å². The van der Waals surface area contributed by atoms with Gasteiger partial charge in [0.25, 0.3) is 5.91 Å². The van der Waals surface area contributed by atoms with Crippen LogP contribution in [0.3, 0.4) is 0 Å².